The van der Waals surface area contributed by atoms with Gasteiger partial charge in [0.15, 0.2) is 0 Å². The van der Waals surface area contributed by atoms with Crippen LogP contribution in [0.2, 0.25) is 0 Å². The molecule has 1 aromatic rings. The number of rotatable bonds is 5. The number of aliphatic carboxylic acids is 1. The Bertz CT molecular complexity index is 424. The van der Waals surface area contributed by atoms with Gasteiger partial charge >= 0.3 is 5.97 Å². The Balaban J connectivity index is 2.75. The van der Waals surface area contributed by atoms with Crippen molar-refractivity contribution in [2.24, 2.45) is 0 Å². The summed E-state index contributed by atoms with van der Waals surface area (Å²) in [6.45, 7) is 1.94. The summed E-state index contributed by atoms with van der Waals surface area (Å²) in [6, 6.07) is 8.52. The maximum atomic E-state index is 11.7. The molecule has 0 unspecified atom stereocenters. The van der Waals surface area contributed by atoms with E-state index in [0.717, 1.165) is 6.42 Å². The van der Waals surface area contributed by atoms with Crippen LogP contribution in [0.15, 0.2) is 42.1 Å². The summed E-state index contributed by atoms with van der Waals surface area (Å²) in [5, 5.41) is 11.3. The third kappa shape index (κ3) is 4.10. The Morgan fingerprint density at radius 3 is 2.47 bits per heavy atom. The topological polar surface area (TPSA) is 66.4 Å². The lowest BCUT2D eigenvalue weighted by atomic mass is 10.2. The quantitative estimate of drug-likeness (QED) is 0.766. The van der Waals surface area contributed by atoms with Gasteiger partial charge in [0.05, 0.1) is 0 Å². The fourth-order valence-corrected chi connectivity index (χ4v) is 1.26. The largest absolute Gasteiger partial charge is 0.477 e. The molecule has 0 radical (unpaired) electrons. The summed E-state index contributed by atoms with van der Waals surface area (Å²) in [5.74, 6) is -1.53. The molecule has 1 aromatic carbocycles. The first kappa shape index (κ1) is 13.0. The highest BCUT2D eigenvalue weighted by atomic mass is 16.4. The predicted octanol–water partition coefficient (Wildman–Crippen LogP) is 2.19. The molecule has 4 nitrogen and oxygen atoms in total. The van der Waals surface area contributed by atoms with Crippen molar-refractivity contribution in [2.45, 2.75) is 19.8 Å². The molecule has 2 N–H and O–H groups in total. The molecular weight excluding hydrogens is 218 g/mol. The molecule has 0 heterocycles. The van der Waals surface area contributed by atoms with Crippen molar-refractivity contribution in [3.8, 4) is 0 Å². The summed E-state index contributed by atoms with van der Waals surface area (Å²) in [4.78, 5) is 22.6. The van der Waals surface area contributed by atoms with Crippen LogP contribution >= 0.6 is 0 Å². The molecule has 0 aromatic heterocycles. The number of unbranched alkanes of at least 4 members (excludes halogenated alkanes) is 1. The van der Waals surface area contributed by atoms with E-state index in [-0.39, 0.29) is 5.70 Å². The van der Waals surface area contributed by atoms with Crippen molar-refractivity contribution in [3.63, 3.8) is 0 Å². The van der Waals surface area contributed by atoms with E-state index in [4.69, 9.17) is 5.11 Å². The molecule has 0 saturated carbocycles. The van der Waals surface area contributed by atoms with Crippen LogP contribution in [0.3, 0.4) is 0 Å². The number of allylic oxidation sites excluding steroid dienone is 1. The average molecular weight is 233 g/mol. The van der Waals surface area contributed by atoms with Crippen molar-refractivity contribution in [1.29, 1.82) is 0 Å². The Morgan fingerprint density at radius 2 is 1.94 bits per heavy atom. The van der Waals surface area contributed by atoms with Crippen molar-refractivity contribution >= 4 is 11.9 Å². The normalized spacial score (nSPS) is 11.0. The van der Waals surface area contributed by atoms with E-state index >= 15 is 0 Å². The number of carbonyl (C=O) groups excluding carboxylic acids is 1. The first-order valence-electron chi connectivity index (χ1n) is 5.45. The average Bonchev–Trinajstić information content (AvgIpc) is 2.35. The van der Waals surface area contributed by atoms with Gasteiger partial charge in [-0.1, -0.05) is 37.6 Å². The van der Waals surface area contributed by atoms with Crippen molar-refractivity contribution in [3.05, 3.63) is 47.7 Å². The molecule has 0 bridgehead atoms. The number of hydrogen-bond acceptors (Lipinski definition) is 2. The van der Waals surface area contributed by atoms with Crippen LogP contribution in [0.1, 0.15) is 30.1 Å². The zero-order valence-electron chi connectivity index (χ0n) is 9.64. The summed E-state index contributed by atoms with van der Waals surface area (Å²) < 4.78 is 0. The van der Waals surface area contributed by atoms with Gasteiger partial charge in [-0.15, -0.1) is 0 Å². The van der Waals surface area contributed by atoms with Gasteiger partial charge in [0.2, 0.25) is 0 Å². The number of nitrogens with one attached hydrogen (secondary N) is 1. The van der Waals surface area contributed by atoms with Crippen LogP contribution < -0.4 is 5.32 Å². The van der Waals surface area contributed by atoms with E-state index in [1.807, 2.05) is 6.92 Å². The standard InChI is InChI=1S/C13H15NO3/c1-2-3-9-11(13(16)17)14-12(15)10-7-5-4-6-8-10/h4-9H,2-3H2,1H3,(H,14,15)(H,16,17)/b11-9-. The Hall–Kier alpha value is -2.10. The van der Waals surface area contributed by atoms with E-state index in [0.29, 0.717) is 12.0 Å². The molecule has 0 saturated heterocycles. The van der Waals surface area contributed by atoms with Crippen molar-refractivity contribution < 1.29 is 14.7 Å². The van der Waals surface area contributed by atoms with Gasteiger partial charge in [-0.2, -0.15) is 0 Å². The van der Waals surface area contributed by atoms with Gasteiger partial charge in [-0.3, -0.25) is 4.79 Å². The minimum absolute atomic E-state index is 0.0688. The molecule has 0 aliphatic carbocycles. The van der Waals surface area contributed by atoms with E-state index < -0.39 is 11.9 Å². The Morgan fingerprint density at radius 1 is 1.29 bits per heavy atom. The second-order valence-electron chi connectivity index (χ2n) is 3.53. The molecule has 0 spiro atoms. The summed E-state index contributed by atoms with van der Waals surface area (Å²) in [5.41, 5.74) is 0.372. The van der Waals surface area contributed by atoms with E-state index in [9.17, 15) is 9.59 Å². The van der Waals surface area contributed by atoms with Crippen LogP contribution in [0.4, 0.5) is 0 Å². The lowest BCUT2D eigenvalue weighted by Gasteiger charge is -2.05. The lowest BCUT2D eigenvalue weighted by Crippen LogP contribution is -2.27. The molecule has 0 aliphatic heterocycles. The fraction of sp³-hybridized carbons (Fsp3) is 0.231. The lowest BCUT2D eigenvalue weighted by molar-refractivity contribution is -0.133. The molecule has 4 heteroatoms. The maximum Gasteiger partial charge on any atom is 0.352 e. The minimum Gasteiger partial charge on any atom is -0.477 e. The zero-order chi connectivity index (χ0) is 12.7. The predicted molar refractivity (Wildman–Crippen MR) is 64.5 cm³/mol. The molecule has 0 atom stereocenters. The Kier molecular flexibility index (Phi) is 4.94. The van der Waals surface area contributed by atoms with E-state index in [2.05, 4.69) is 5.32 Å². The third-order valence-electron chi connectivity index (χ3n) is 2.15. The molecule has 0 aliphatic rings. The fourth-order valence-electron chi connectivity index (χ4n) is 1.26. The van der Waals surface area contributed by atoms with E-state index in [1.165, 1.54) is 6.08 Å². The first-order valence-corrected chi connectivity index (χ1v) is 5.45. The first-order chi connectivity index (χ1) is 8.15. The van der Waals surface area contributed by atoms with Gasteiger partial charge in [0.25, 0.3) is 5.91 Å². The van der Waals surface area contributed by atoms with Crippen LogP contribution in [0.25, 0.3) is 0 Å². The van der Waals surface area contributed by atoms with Gasteiger partial charge in [0.1, 0.15) is 5.70 Å². The summed E-state index contributed by atoms with van der Waals surface area (Å²) >= 11 is 0. The van der Waals surface area contributed by atoms with Crippen LogP contribution in [-0.2, 0) is 4.79 Å². The van der Waals surface area contributed by atoms with Gasteiger partial charge in [-0.25, -0.2) is 4.79 Å². The van der Waals surface area contributed by atoms with Gasteiger partial charge in [-0.05, 0) is 18.6 Å². The molecular formula is C13H15NO3. The highest BCUT2D eigenvalue weighted by Crippen LogP contribution is 2.02. The highest BCUT2D eigenvalue weighted by molar-refractivity contribution is 6.00. The minimum atomic E-state index is -1.12. The second kappa shape index (κ2) is 6.48. The monoisotopic (exact) mass is 233 g/mol. The summed E-state index contributed by atoms with van der Waals surface area (Å²) in [7, 11) is 0. The van der Waals surface area contributed by atoms with Crippen LogP contribution in [0.5, 0.6) is 0 Å². The third-order valence-corrected chi connectivity index (χ3v) is 2.15. The number of carbonyl (C=O) groups is 2. The number of benzene rings is 1. The van der Waals surface area contributed by atoms with Crippen molar-refractivity contribution in [2.75, 3.05) is 0 Å². The maximum absolute atomic E-state index is 11.7. The SMILES string of the molecule is CCC/C=C(\NC(=O)c1ccccc1)C(=O)O. The number of amides is 1. The van der Waals surface area contributed by atoms with Gasteiger partial charge < -0.3 is 10.4 Å². The molecule has 1 rings (SSSR count). The number of carboxylic acid groups (broad SMARTS) is 1. The molecule has 17 heavy (non-hydrogen) atoms. The van der Waals surface area contributed by atoms with Gasteiger partial charge in [0, 0.05) is 5.56 Å². The molecule has 0 fully saturated rings. The Labute approximate surface area is 100.0 Å². The molecule has 1 amide bonds. The number of hydrogen-bond donors (Lipinski definition) is 2. The van der Waals surface area contributed by atoms with E-state index in [1.54, 1.807) is 30.3 Å². The smallest absolute Gasteiger partial charge is 0.352 e. The highest BCUT2D eigenvalue weighted by Gasteiger charge is 2.11. The number of carboxylic acids is 1. The zero-order valence-corrected chi connectivity index (χ0v) is 9.64. The summed E-state index contributed by atoms with van der Waals surface area (Å²) in [6.07, 6.45) is 2.97. The van der Waals surface area contributed by atoms with Crippen LogP contribution in [-0.4, -0.2) is 17.0 Å². The second-order valence-corrected chi connectivity index (χ2v) is 3.53. The van der Waals surface area contributed by atoms with Crippen LogP contribution in [0, 0.1) is 0 Å². The molecule has 90 valence electrons. The van der Waals surface area contributed by atoms with Crippen molar-refractivity contribution in [1.82, 2.24) is 5.32 Å².